The molecular weight excluding hydrogens is 358 g/mol. The van der Waals surface area contributed by atoms with Crippen LogP contribution in [0, 0.1) is 6.92 Å². The molecule has 0 saturated carbocycles. The van der Waals surface area contributed by atoms with Gasteiger partial charge in [0.05, 0.1) is 20.3 Å². The zero-order chi connectivity index (χ0) is 19.7. The number of aryl methyl sites for hydroxylation is 1. The molecule has 1 unspecified atom stereocenters. The SMILES string of the molecule is COc1ccc2cc(C3CN(C(=O)c4cnc(C)[nH]c4=O)CCO3)ccc2c1. The highest BCUT2D eigenvalue weighted by molar-refractivity contribution is 5.93. The number of hydrogen-bond donors (Lipinski definition) is 1. The summed E-state index contributed by atoms with van der Waals surface area (Å²) in [6.07, 6.45) is 1.09. The van der Waals surface area contributed by atoms with Gasteiger partial charge >= 0.3 is 0 Å². The zero-order valence-corrected chi connectivity index (χ0v) is 15.8. The van der Waals surface area contributed by atoms with Gasteiger partial charge in [-0.15, -0.1) is 0 Å². The maximum absolute atomic E-state index is 12.8. The molecule has 0 aliphatic carbocycles. The van der Waals surface area contributed by atoms with Crippen molar-refractivity contribution in [2.45, 2.75) is 13.0 Å². The number of aromatic amines is 1. The number of fused-ring (bicyclic) bond motifs is 1. The van der Waals surface area contributed by atoms with Gasteiger partial charge in [-0.2, -0.15) is 0 Å². The van der Waals surface area contributed by atoms with Crippen molar-refractivity contribution in [3.8, 4) is 5.75 Å². The number of aromatic nitrogens is 2. The van der Waals surface area contributed by atoms with Gasteiger partial charge in [0.15, 0.2) is 0 Å². The summed E-state index contributed by atoms with van der Waals surface area (Å²) in [5.41, 5.74) is 0.628. The first-order chi connectivity index (χ1) is 13.5. The monoisotopic (exact) mass is 379 g/mol. The van der Waals surface area contributed by atoms with Gasteiger partial charge in [-0.1, -0.05) is 18.2 Å². The number of carbonyl (C=O) groups is 1. The standard InChI is InChI=1S/C21H21N3O4/c1-13-22-11-18(20(25)23-13)21(26)24-7-8-28-19(12-24)16-4-3-15-10-17(27-2)6-5-14(15)9-16/h3-6,9-11,19H,7-8,12H2,1-2H3,(H,22,23,25). The van der Waals surface area contributed by atoms with Gasteiger partial charge in [0.25, 0.3) is 11.5 Å². The Morgan fingerprint density at radius 3 is 2.82 bits per heavy atom. The summed E-state index contributed by atoms with van der Waals surface area (Å²) in [5, 5.41) is 2.15. The lowest BCUT2D eigenvalue weighted by Crippen LogP contribution is -2.44. The van der Waals surface area contributed by atoms with Crippen molar-refractivity contribution in [2.24, 2.45) is 0 Å². The molecule has 1 saturated heterocycles. The average molecular weight is 379 g/mol. The highest BCUT2D eigenvalue weighted by atomic mass is 16.5. The van der Waals surface area contributed by atoms with Crippen LogP contribution in [0.25, 0.3) is 10.8 Å². The van der Waals surface area contributed by atoms with Gasteiger partial charge in [0, 0.05) is 12.7 Å². The fraction of sp³-hybridized carbons (Fsp3) is 0.286. The lowest BCUT2D eigenvalue weighted by molar-refractivity contribution is -0.0228. The second-order valence-electron chi connectivity index (χ2n) is 6.79. The molecule has 1 aliphatic heterocycles. The molecule has 2 heterocycles. The van der Waals surface area contributed by atoms with Gasteiger partial charge in [-0.25, -0.2) is 4.98 Å². The van der Waals surface area contributed by atoms with E-state index in [-0.39, 0.29) is 17.6 Å². The van der Waals surface area contributed by atoms with Gasteiger partial charge in [0.1, 0.15) is 23.2 Å². The molecule has 1 atom stereocenters. The lowest BCUT2D eigenvalue weighted by Gasteiger charge is -2.33. The number of carbonyl (C=O) groups excluding carboxylic acids is 1. The normalized spacial score (nSPS) is 16.9. The van der Waals surface area contributed by atoms with Crippen LogP contribution in [0.4, 0.5) is 0 Å². The Morgan fingerprint density at radius 2 is 2.04 bits per heavy atom. The summed E-state index contributed by atoms with van der Waals surface area (Å²) in [4.78, 5) is 33.1. The summed E-state index contributed by atoms with van der Waals surface area (Å²) in [7, 11) is 1.64. The first-order valence-corrected chi connectivity index (χ1v) is 9.09. The molecule has 0 spiro atoms. The summed E-state index contributed by atoms with van der Waals surface area (Å²) in [6, 6.07) is 12.0. The van der Waals surface area contributed by atoms with Crippen molar-refractivity contribution in [3.63, 3.8) is 0 Å². The predicted octanol–water partition coefficient (Wildman–Crippen LogP) is 2.45. The third kappa shape index (κ3) is 3.48. The van der Waals surface area contributed by atoms with E-state index in [1.54, 1.807) is 18.9 Å². The number of amides is 1. The number of morpholine rings is 1. The van der Waals surface area contributed by atoms with E-state index in [1.807, 2.05) is 30.3 Å². The maximum atomic E-state index is 12.8. The highest BCUT2D eigenvalue weighted by Gasteiger charge is 2.27. The molecule has 28 heavy (non-hydrogen) atoms. The maximum Gasteiger partial charge on any atom is 0.263 e. The summed E-state index contributed by atoms with van der Waals surface area (Å²) in [5.74, 6) is 0.963. The molecule has 3 aromatic rings. The second kappa shape index (κ2) is 7.44. The molecule has 4 rings (SSSR count). The molecule has 0 radical (unpaired) electrons. The van der Waals surface area contributed by atoms with Crippen molar-refractivity contribution in [3.05, 3.63) is 69.9 Å². The molecule has 7 heteroatoms. The summed E-state index contributed by atoms with van der Waals surface area (Å²) in [6.45, 7) is 2.91. The fourth-order valence-corrected chi connectivity index (χ4v) is 3.41. The van der Waals surface area contributed by atoms with Crippen molar-refractivity contribution >= 4 is 16.7 Å². The number of hydrogen-bond acceptors (Lipinski definition) is 5. The van der Waals surface area contributed by atoms with E-state index in [1.165, 1.54) is 6.20 Å². The van der Waals surface area contributed by atoms with Crippen LogP contribution in [0.15, 0.2) is 47.4 Å². The Kier molecular flexibility index (Phi) is 4.83. The van der Waals surface area contributed by atoms with Crippen LogP contribution in [0.2, 0.25) is 0 Å². The van der Waals surface area contributed by atoms with Crippen LogP contribution in [0.5, 0.6) is 5.75 Å². The highest BCUT2D eigenvalue weighted by Crippen LogP contribution is 2.28. The molecule has 1 fully saturated rings. The Hall–Kier alpha value is -3.19. The smallest absolute Gasteiger partial charge is 0.263 e. The van der Waals surface area contributed by atoms with E-state index in [0.29, 0.717) is 25.5 Å². The van der Waals surface area contributed by atoms with Crippen molar-refractivity contribution in [1.82, 2.24) is 14.9 Å². The van der Waals surface area contributed by atoms with Gasteiger partial charge in [-0.05, 0) is 41.5 Å². The first-order valence-electron chi connectivity index (χ1n) is 9.09. The molecule has 1 amide bonds. The number of benzene rings is 2. The minimum absolute atomic E-state index is 0.0526. The Balaban J connectivity index is 1.57. The van der Waals surface area contributed by atoms with Crippen LogP contribution >= 0.6 is 0 Å². The number of nitrogens with one attached hydrogen (secondary N) is 1. The quantitative estimate of drug-likeness (QED) is 0.756. The number of methoxy groups -OCH3 is 1. The van der Waals surface area contributed by atoms with Gasteiger partial charge < -0.3 is 19.4 Å². The van der Waals surface area contributed by atoms with E-state index >= 15 is 0 Å². The molecule has 144 valence electrons. The number of ether oxygens (including phenoxy) is 2. The van der Waals surface area contributed by atoms with Gasteiger partial charge in [0.2, 0.25) is 0 Å². The van der Waals surface area contributed by atoms with E-state index in [4.69, 9.17) is 9.47 Å². The molecule has 7 nitrogen and oxygen atoms in total. The Labute approximate surface area is 161 Å². The lowest BCUT2D eigenvalue weighted by atomic mass is 10.0. The fourth-order valence-electron chi connectivity index (χ4n) is 3.41. The number of H-pyrrole nitrogens is 1. The minimum Gasteiger partial charge on any atom is -0.497 e. The molecule has 1 aliphatic rings. The summed E-state index contributed by atoms with van der Waals surface area (Å²) >= 11 is 0. The number of rotatable bonds is 3. The van der Waals surface area contributed by atoms with E-state index < -0.39 is 5.56 Å². The predicted molar refractivity (Wildman–Crippen MR) is 105 cm³/mol. The topological polar surface area (TPSA) is 84.5 Å². The van der Waals surface area contributed by atoms with E-state index in [0.717, 1.165) is 22.1 Å². The van der Waals surface area contributed by atoms with E-state index in [9.17, 15) is 9.59 Å². The molecule has 2 aromatic carbocycles. The summed E-state index contributed by atoms with van der Waals surface area (Å²) < 4.78 is 11.2. The molecule has 1 aromatic heterocycles. The third-order valence-electron chi connectivity index (χ3n) is 4.95. The third-order valence-corrected chi connectivity index (χ3v) is 4.95. The minimum atomic E-state index is -0.416. The van der Waals surface area contributed by atoms with Crippen LogP contribution < -0.4 is 10.3 Å². The largest absolute Gasteiger partial charge is 0.497 e. The molecule has 0 bridgehead atoms. The van der Waals surface area contributed by atoms with Crippen molar-refractivity contribution < 1.29 is 14.3 Å². The Bertz CT molecular complexity index is 1090. The molecule has 1 N–H and O–H groups in total. The van der Waals surface area contributed by atoms with Crippen molar-refractivity contribution in [2.75, 3.05) is 26.8 Å². The Morgan fingerprint density at radius 1 is 1.25 bits per heavy atom. The van der Waals surface area contributed by atoms with Crippen molar-refractivity contribution in [1.29, 1.82) is 0 Å². The van der Waals surface area contributed by atoms with E-state index in [2.05, 4.69) is 16.0 Å². The zero-order valence-electron chi connectivity index (χ0n) is 15.8. The molecular formula is C21H21N3O4. The average Bonchev–Trinajstić information content (AvgIpc) is 2.72. The number of nitrogens with zero attached hydrogens (tertiary/aromatic N) is 2. The second-order valence-corrected chi connectivity index (χ2v) is 6.79. The van der Waals surface area contributed by atoms with Gasteiger partial charge in [-0.3, -0.25) is 9.59 Å². The van der Waals surface area contributed by atoms with Crippen LogP contribution in [-0.4, -0.2) is 47.6 Å². The first kappa shape index (κ1) is 18.2. The van der Waals surface area contributed by atoms with Crippen LogP contribution in [-0.2, 0) is 4.74 Å². The van der Waals surface area contributed by atoms with Crippen LogP contribution in [0.3, 0.4) is 0 Å². The van der Waals surface area contributed by atoms with Crippen LogP contribution in [0.1, 0.15) is 27.8 Å².